The second kappa shape index (κ2) is 8.50. The van der Waals surface area contributed by atoms with Gasteiger partial charge in [0, 0.05) is 43.1 Å². The molecule has 1 N–H and O–H groups in total. The molecule has 1 aromatic heterocycles. The highest BCUT2D eigenvalue weighted by Gasteiger charge is 2.29. The van der Waals surface area contributed by atoms with Gasteiger partial charge in [0.05, 0.1) is 13.7 Å². The van der Waals surface area contributed by atoms with Gasteiger partial charge in [0.1, 0.15) is 29.3 Å². The topological polar surface area (TPSA) is 64.4 Å². The van der Waals surface area contributed by atoms with Crippen molar-refractivity contribution in [3.63, 3.8) is 0 Å². The van der Waals surface area contributed by atoms with Crippen molar-refractivity contribution in [1.29, 1.82) is 0 Å². The molecule has 1 unspecified atom stereocenters. The zero-order chi connectivity index (χ0) is 19.1. The fourth-order valence-corrected chi connectivity index (χ4v) is 4.82. The molecule has 0 bridgehead atoms. The summed E-state index contributed by atoms with van der Waals surface area (Å²) in [5.41, 5.74) is 2.53. The Kier molecular flexibility index (Phi) is 5.99. The molecule has 0 amide bonds. The van der Waals surface area contributed by atoms with E-state index in [0.717, 1.165) is 75.9 Å². The smallest absolute Gasteiger partial charge is 0.147 e. The van der Waals surface area contributed by atoms with E-state index in [-0.39, 0.29) is 18.5 Å². The van der Waals surface area contributed by atoms with Gasteiger partial charge in [0.15, 0.2) is 0 Å². The van der Waals surface area contributed by atoms with Crippen LogP contribution in [0.5, 0.6) is 11.5 Å². The number of methoxy groups -OCH3 is 1. The van der Waals surface area contributed by atoms with E-state index in [9.17, 15) is 0 Å². The van der Waals surface area contributed by atoms with E-state index in [1.54, 1.807) is 7.11 Å². The van der Waals surface area contributed by atoms with Crippen molar-refractivity contribution in [3.8, 4) is 11.5 Å². The van der Waals surface area contributed by atoms with Crippen LogP contribution in [0.2, 0.25) is 0 Å². The third kappa shape index (κ3) is 3.96. The van der Waals surface area contributed by atoms with Gasteiger partial charge in [-0.1, -0.05) is 0 Å². The van der Waals surface area contributed by atoms with E-state index >= 15 is 0 Å². The van der Waals surface area contributed by atoms with Crippen molar-refractivity contribution in [2.75, 3.05) is 26.7 Å². The first-order valence-electron chi connectivity index (χ1n) is 10.4. The van der Waals surface area contributed by atoms with E-state index in [1.165, 1.54) is 17.0 Å². The van der Waals surface area contributed by atoms with Crippen LogP contribution >= 0.6 is 12.4 Å². The number of rotatable bonds is 4. The number of nitrogens with one attached hydrogen (secondary N) is 1. The third-order valence-electron chi connectivity index (χ3n) is 6.28. The highest BCUT2D eigenvalue weighted by molar-refractivity contribution is 5.85. The molecule has 8 heteroatoms. The molecular weight excluding hydrogens is 390 g/mol. The molecule has 3 aliphatic rings. The monoisotopic (exact) mass is 419 g/mol. The number of fused-ring (bicyclic) bond motifs is 2. The predicted octanol–water partition coefficient (Wildman–Crippen LogP) is 2.51. The van der Waals surface area contributed by atoms with Crippen LogP contribution < -0.4 is 14.8 Å². The third-order valence-corrected chi connectivity index (χ3v) is 6.28. The Morgan fingerprint density at radius 1 is 1.21 bits per heavy atom. The molecule has 7 nitrogen and oxygen atoms in total. The molecule has 1 atom stereocenters. The normalized spacial score (nSPS) is 21.8. The average Bonchev–Trinajstić information content (AvgIpc) is 3.31. The average molecular weight is 420 g/mol. The summed E-state index contributed by atoms with van der Waals surface area (Å²) in [5.74, 6) is 4.81. The van der Waals surface area contributed by atoms with Gasteiger partial charge >= 0.3 is 0 Å². The van der Waals surface area contributed by atoms with Crippen molar-refractivity contribution in [2.24, 2.45) is 0 Å². The van der Waals surface area contributed by atoms with Crippen LogP contribution in [0.15, 0.2) is 12.1 Å². The van der Waals surface area contributed by atoms with Gasteiger partial charge in [-0.05, 0) is 45.0 Å². The Morgan fingerprint density at radius 2 is 2.03 bits per heavy atom. The first-order chi connectivity index (χ1) is 13.7. The highest BCUT2D eigenvalue weighted by Crippen LogP contribution is 2.37. The van der Waals surface area contributed by atoms with Crippen LogP contribution in [0.1, 0.15) is 48.5 Å². The minimum absolute atomic E-state index is 0. The second-order valence-electron chi connectivity index (χ2n) is 8.26. The molecule has 158 valence electrons. The minimum Gasteiger partial charge on any atom is -0.497 e. The Balaban J connectivity index is 0.00000205. The van der Waals surface area contributed by atoms with E-state index < -0.39 is 0 Å². The van der Waals surface area contributed by atoms with Crippen LogP contribution in [0.25, 0.3) is 0 Å². The van der Waals surface area contributed by atoms with Crippen LogP contribution in [-0.4, -0.2) is 52.5 Å². The number of halogens is 1. The fourth-order valence-electron chi connectivity index (χ4n) is 4.82. The van der Waals surface area contributed by atoms with Gasteiger partial charge < -0.3 is 19.4 Å². The summed E-state index contributed by atoms with van der Waals surface area (Å²) in [7, 11) is 1.74. The summed E-state index contributed by atoms with van der Waals surface area (Å²) in [5, 5.41) is 12.3. The maximum absolute atomic E-state index is 6.11. The summed E-state index contributed by atoms with van der Waals surface area (Å²) in [4.78, 5) is 2.53. The van der Waals surface area contributed by atoms with E-state index in [0.29, 0.717) is 5.92 Å². The van der Waals surface area contributed by atoms with Crippen LogP contribution in [0, 0.1) is 0 Å². The Hall–Kier alpha value is -1.83. The summed E-state index contributed by atoms with van der Waals surface area (Å²) in [6, 6.07) is 4.27. The molecule has 5 rings (SSSR count). The standard InChI is InChI=1S/C21H29N5O2.ClH/c1-14-9-16-10-18(27-2)11-17(20(16)28-14)13-25-6-3-15(4-7-25)21-24-23-19-12-22-5-8-26(19)21;/h10-11,14-15,22H,3-9,12-13H2,1-2H3;1H. The molecule has 4 heterocycles. The van der Waals surface area contributed by atoms with Crippen molar-refractivity contribution in [1.82, 2.24) is 25.0 Å². The van der Waals surface area contributed by atoms with Crippen molar-refractivity contribution in [2.45, 2.75) is 57.8 Å². The van der Waals surface area contributed by atoms with Gasteiger partial charge in [-0.25, -0.2) is 0 Å². The van der Waals surface area contributed by atoms with Crippen molar-refractivity contribution in [3.05, 3.63) is 34.9 Å². The first-order valence-corrected chi connectivity index (χ1v) is 10.4. The van der Waals surface area contributed by atoms with E-state index in [2.05, 4.69) is 44.0 Å². The Bertz CT molecular complexity index is 863. The van der Waals surface area contributed by atoms with Crippen LogP contribution in [-0.2, 0) is 26.1 Å². The van der Waals surface area contributed by atoms with Gasteiger partial charge in [-0.2, -0.15) is 0 Å². The lowest BCUT2D eigenvalue weighted by molar-refractivity contribution is 0.193. The summed E-state index contributed by atoms with van der Waals surface area (Å²) < 4.78 is 14.0. The fraction of sp³-hybridized carbons (Fsp3) is 0.619. The van der Waals surface area contributed by atoms with E-state index in [1.807, 2.05) is 0 Å². The number of aromatic nitrogens is 3. The first kappa shape index (κ1) is 20.4. The molecule has 0 saturated carbocycles. The maximum atomic E-state index is 6.11. The molecular formula is C21H30ClN5O2. The Labute approximate surface area is 178 Å². The number of piperidine rings is 1. The van der Waals surface area contributed by atoms with Crippen molar-refractivity contribution < 1.29 is 9.47 Å². The minimum atomic E-state index is 0. The quantitative estimate of drug-likeness (QED) is 0.821. The number of likely N-dealkylation sites (tertiary alicyclic amines) is 1. The molecule has 0 radical (unpaired) electrons. The number of hydrogen-bond donors (Lipinski definition) is 1. The number of nitrogens with zero attached hydrogens (tertiary/aromatic N) is 4. The maximum Gasteiger partial charge on any atom is 0.147 e. The summed E-state index contributed by atoms with van der Waals surface area (Å²) in [6.45, 7) is 8.04. The van der Waals surface area contributed by atoms with Crippen molar-refractivity contribution >= 4 is 12.4 Å². The van der Waals surface area contributed by atoms with Gasteiger partial charge in [-0.15, -0.1) is 22.6 Å². The Morgan fingerprint density at radius 3 is 2.83 bits per heavy atom. The van der Waals surface area contributed by atoms with Gasteiger partial charge in [0.2, 0.25) is 0 Å². The van der Waals surface area contributed by atoms with Gasteiger partial charge in [-0.3, -0.25) is 4.90 Å². The SMILES string of the molecule is COc1cc2c(c(CN3CCC(c4nnc5n4CCNC5)CC3)c1)OC(C)C2.Cl. The molecule has 0 aliphatic carbocycles. The zero-order valence-electron chi connectivity index (χ0n) is 17.2. The number of benzene rings is 1. The highest BCUT2D eigenvalue weighted by atomic mass is 35.5. The largest absolute Gasteiger partial charge is 0.497 e. The zero-order valence-corrected chi connectivity index (χ0v) is 18.0. The van der Waals surface area contributed by atoms with Gasteiger partial charge in [0.25, 0.3) is 0 Å². The lowest BCUT2D eigenvalue weighted by Crippen LogP contribution is -2.34. The molecule has 29 heavy (non-hydrogen) atoms. The molecule has 1 fully saturated rings. The number of hydrogen-bond acceptors (Lipinski definition) is 6. The number of ether oxygens (including phenoxy) is 2. The lowest BCUT2D eigenvalue weighted by Gasteiger charge is -2.32. The molecule has 1 aromatic carbocycles. The predicted molar refractivity (Wildman–Crippen MR) is 113 cm³/mol. The summed E-state index contributed by atoms with van der Waals surface area (Å²) in [6.07, 6.45) is 3.48. The van der Waals surface area contributed by atoms with E-state index in [4.69, 9.17) is 9.47 Å². The summed E-state index contributed by atoms with van der Waals surface area (Å²) >= 11 is 0. The second-order valence-corrected chi connectivity index (χ2v) is 8.26. The lowest BCUT2D eigenvalue weighted by atomic mass is 9.95. The molecule has 0 spiro atoms. The molecule has 3 aliphatic heterocycles. The van der Waals surface area contributed by atoms with Crippen LogP contribution in [0.3, 0.4) is 0 Å². The van der Waals surface area contributed by atoms with Crippen LogP contribution in [0.4, 0.5) is 0 Å². The molecule has 2 aromatic rings. The molecule has 1 saturated heterocycles.